The lowest BCUT2D eigenvalue weighted by Crippen LogP contribution is -2.41. The minimum Gasteiger partial charge on any atom is -0.378 e. The molecule has 1 aromatic carbocycles. The molecule has 0 spiro atoms. The molecule has 0 unspecified atom stereocenters. The molecule has 0 bridgehead atoms. The van der Waals surface area contributed by atoms with Crippen LogP contribution < -0.4 is 10.5 Å². The first-order valence-corrected chi connectivity index (χ1v) is 10.2. The summed E-state index contributed by atoms with van der Waals surface area (Å²) >= 11 is 0. The fourth-order valence-corrected chi connectivity index (χ4v) is 4.56. The molecule has 1 amide bonds. The van der Waals surface area contributed by atoms with E-state index in [-0.39, 0.29) is 35.3 Å². The monoisotopic (exact) mass is 403 g/mol. The summed E-state index contributed by atoms with van der Waals surface area (Å²) in [5.41, 5.74) is 6.35. The minimum absolute atomic E-state index is 0. The first-order chi connectivity index (χ1) is 12.0. The van der Waals surface area contributed by atoms with Crippen molar-refractivity contribution in [1.82, 2.24) is 9.62 Å². The fourth-order valence-electron chi connectivity index (χ4n) is 3.25. The lowest BCUT2D eigenvalue weighted by atomic mass is 9.93. The van der Waals surface area contributed by atoms with E-state index in [1.165, 1.54) is 12.1 Å². The molecule has 2 fully saturated rings. The zero-order valence-electron chi connectivity index (χ0n) is 14.6. The van der Waals surface area contributed by atoms with Crippen molar-refractivity contribution >= 4 is 28.3 Å². The molecule has 1 aromatic rings. The number of sulfonamides is 1. The van der Waals surface area contributed by atoms with E-state index in [0.29, 0.717) is 31.9 Å². The van der Waals surface area contributed by atoms with Gasteiger partial charge in [-0.05, 0) is 49.9 Å². The first-order valence-electron chi connectivity index (χ1n) is 8.71. The van der Waals surface area contributed by atoms with E-state index in [9.17, 15) is 13.2 Å². The van der Waals surface area contributed by atoms with E-state index >= 15 is 0 Å². The molecule has 1 saturated carbocycles. The minimum atomic E-state index is -3.58. The van der Waals surface area contributed by atoms with Gasteiger partial charge >= 0.3 is 0 Å². The molecule has 26 heavy (non-hydrogen) atoms. The highest BCUT2D eigenvalue weighted by Gasteiger charge is 2.25. The molecule has 2 aliphatic rings. The third-order valence-corrected chi connectivity index (χ3v) is 6.34. The van der Waals surface area contributed by atoms with Gasteiger partial charge in [0, 0.05) is 30.7 Å². The summed E-state index contributed by atoms with van der Waals surface area (Å²) < 4.78 is 33.0. The number of benzene rings is 1. The van der Waals surface area contributed by atoms with Gasteiger partial charge < -0.3 is 15.4 Å². The highest BCUT2D eigenvalue weighted by molar-refractivity contribution is 7.89. The molecule has 1 aliphatic carbocycles. The first kappa shape index (κ1) is 21.1. The second-order valence-corrected chi connectivity index (χ2v) is 8.38. The zero-order chi connectivity index (χ0) is 17.9. The molecule has 0 atom stereocenters. The normalized spacial score (nSPS) is 24.0. The van der Waals surface area contributed by atoms with Crippen molar-refractivity contribution < 1.29 is 17.9 Å². The number of nitrogens with one attached hydrogen (secondary N) is 1. The lowest BCUT2D eigenvalue weighted by Gasteiger charge is -2.27. The molecule has 3 N–H and O–H groups in total. The highest BCUT2D eigenvalue weighted by atomic mass is 35.5. The molecule has 1 aliphatic heterocycles. The zero-order valence-corrected chi connectivity index (χ0v) is 16.2. The molecule has 3 rings (SSSR count). The summed E-state index contributed by atoms with van der Waals surface area (Å²) in [7, 11) is -3.58. The van der Waals surface area contributed by atoms with Gasteiger partial charge in [0.25, 0.3) is 5.91 Å². The maximum Gasteiger partial charge on any atom is 0.254 e. The maximum atomic E-state index is 12.5. The SMILES string of the molecule is Cl.NC1CCC(NS(=O)(=O)c2ccc(C(=O)N3CCOCC3)cc2)CC1. The van der Waals surface area contributed by atoms with Crippen molar-refractivity contribution in [2.75, 3.05) is 26.3 Å². The van der Waals surface area contributed by atoms with Gasteiger partial charge in [0.15, 0.2) is 0 Å². The largest absolute Gasteiger partial charge is 0.378 e. The van der Waals surface area contributed by atoms with E-state index < -0.39 is 10.0 Å². The topological polar surface area (TPSA) is 102 Å². The number of morpholine rings is 1. The van der Waals surface area contributed by atoms with Crippen LogP contribution in [0.4, 0.5) is 0 Å². The third kappa shape index (κ3) is 5.17. The number of amides is 1. The summed E-state index contributed by atoms with van der Waals surface area (Å²) in [6.07, 6.45) is 3.18. The van der Waals surface area contributed by atoms with Crippen LogP contribution in [0.1, 0.15) is 36.0 Å². The Kier molecular flexibility index (Phi) is 7.42. The number of halogens is 1. The van der Waals surface area contributed by atoms with Gasteiger partial charge in [0.05, 0.1) is 18.1 Å². The lowest BCUT2D eigenvalue weighted by molar-refractivity contribution is 0.0303. The van der Waals surface area contributed by atoms with Crippen LogP contribution in [0.5, 0.6) is 0 Å². The summed E-state index contributed by atoms with van der Waals surface area (Å²) in [5, 5.41) is 0. The molecular formula is C17H26ClN3O4S. The quantitative estimate of drug-likeness (QED) is 0.784. The van der Waals surface area contributed by atoms with Crippen molar-refractivity contribution in [3.8, 4) is 0 Å². The molecule has 0 radical (unpaired) electrons. The molecular weight excluding hydrogens is 378 g/mol. The molecule has 0 aromatic heterocycles. The van der Waals surface area contributed by atoms with E-state index in [2.05, 4.69) is 4.72 Å². The van der Waals surface area contributed by atoms with Crippen LogP contribution in [0, 0.1) is 0 Å². The Hall–Kier alpha value is -1.19. The van der Waals surface area contributed by atoms with Gasteiger partial charge in [0.1, 0.15) is 0 Å². The Morgan fingerprint density at radius 1 is 1.08 bits per heavy atom. The number of carbonyl (C=O) groups is 1. The highest BCUT2D eigenvalue weighted by Crippen LogP contribution is 2.20. The molecule has 146 valence electrons. The number of nitrogens with zero attached hydrogens (tertiary/aromatic N) is 1. The van der Waals surface area contributed by atoms with Gasteiger partial charge in [-0.1, -0.05) is 0 Å². The second-order valence-electron chi connectivity index (χ2n) is 6.66. The summed E-state index contributed by atoms with van der Waals surface area (Å²) in [5.74, 6) is -0.0959. The van der Waals surface area contributed by atoms with Gasteiger partial charge in [-0.25, -0.2) is 13.1 Å². The van der Waals surface area contributed by atoms with Crippen molar-refractivity contribution in [2.24, 2.45) is 5.73 Å². The molecule has 7 nitrogen and oxygen atoms in total. The number of nitrogens with two attached hydrogens (primary N) is 1. The summed E-state index contributed by atoms with van der Waals surface area (Å²) in [4.78, 5) is 14.3. The number of carbonyl (C=O) groups excluding carboxylic acids is 1. The van der Waals surface area contributed by atoms with Crippen LogP contribution in [-0.4, -0.2) is 57.6 Å². The fraction of sp³-hybridized carbons (Fsp3) is 0.588. The third-order valence-electron chi connectivity index (χ3n) is 4.80. The average molecular weight is 404 g/mol. The van der Waals surface area contributed by atoms with Crippen LogP contribution in [0.2, 0.25) is 0 Å². The van der Waals surface area contributed by atoms with Gasteiger partial charge in [-0.15, -0.1) is 12.4 Å². The Morgan fingerprint density at radius 2 is 1.65 bits per heavy atom. The molecule has 1 heterocycles. The van der Waals surface area contributed by atoms with Gasteiger partial charge in [0.2, 0.25) is 10.0 Å². The van der Waals surface area contributed by atoms with Crippen LogP contribution in [-0.2, 0) is 14.8 Å². The van der Waals surface area contributed by atoms with Gasteiger partial charge in [-0.3, -0.25) is 4.79 Å². The van der Waals surface area contributed by atoms with Crippen LogP contribution in [0.15, 0.2) is 29.2 Å². The second kappa shape index (κ2) is 9.14. The number of rotatable bonds is 4. The molecule has 1 saturated heterocycles. The van der Waals surface area contributed by atoms with Crippen molar-refractivity contribution in [3.63, 3.8) is 0 Å². The average Bonchev–Trinajstić information content (AvgIpc) is 2.64. The Labute approximate surface area is 160 Å². The Balaban J connectivity index is 0.00000243. The van der Waals surface area contributed by atoms with E-state index in [0.717, 1.165) is 25.7 Å². The van der Waals surface area contributed by atoms with E-state index in [1.54, 1.807) is 17.0 Å². The van der Waals surface area contributed by atoms with Crippen molar-refractivity contribution in [2.45, 2.75) is 42.7 Å². The van der Waals surface area contributed by atoms with Crippen LogP contribution >= 0.6 is 12.4 Å². The predicted octanol–water partition coefficient (Wildman–Crippen LogP) is 1.13. The van der Waals surface area contributed by atoms with Crippen molar-refractivity contribution in [3.05, 3.63) is 29.8 Å². The molecule has 9 heteroatoms. The van der Waals surface area contributed by atoms with E-state index in [4.69, 9.17) is 10.5 Å². The number of hydrogen-bond donors (Lipinski definition) is 2. The standard InChI is InChI=1S/C17H25N3O4S.ClH/c18-14-3-5-15(6-4-14)19-25(22,23)16-7-1-13(2-8-16)17(21)20-9-11-24-12-10-20;/h1-2,7-8,14-15,19H,3-6,9-12,18H2;1H. The predicted molar refractivity (Wildman–Crippen MR) is 101 cm³/mol. The maximum absolute atomic E-state index is 12.5. The van der Waals surface area contributed by atoms with Crippen LogP contribution in [0.25, 0.3) is 0 Å². The van der Waals surface area contributed by atoms with Crippen LogP contribution in [0.3, 0.4) is 0 Å². The van der Waals surface area contributed by atoms with Gasteiger partial charge in [-0.2, -0.15) is 0 Å². The summed E-state index contributed by atoms with van der Waals surface area (Å²) in [6, 6.07) is 6.23. The Morgan fingerprint density at radius 3 is 2.23 bits per heavy atom. The van der Waals surface area contributed by atoms with E-state index in [1.807, 2.05) is 0 Å². The van der Waals surface area contributed by atoms with Crippen molar-refractivity contribution in [1.29, 1.82) is 0 Å². The number of hydrogen-bond acceptors (Lipinski definition) is 5. The Bertz CT molecular complexity index is 697. The summed E-state index contributed by atoms with van der Waals surface area (Å²) in [6.45, 7) is 2.19. The number of ether oxygens (including phenoxy) is 1. The smallest absolute Gasteiger partial charge is 0.254 e.